The van der Waals surface area contributed by atoms with Crippen LogP contribution < -0.4 is 5.32 Å². The minimum atomic E-state index is 0.0736. The maximum atomic E-state index is 12.7. The van der Waals surface area contributed by atoms with Crippen molar-refractivity contribution in [2.75, 3.05) is 26.2 Å². The molecule has 108 valence electrons. The second-order valence-corrected chi connectivity index (χ2v) is 6.29. The monoisotopic (exact) mass is 281 g/mol. The minimum Gasteiger partial charge on any atom is -0.337 e. The van der Waals surface area contributed by atoms with Gasteiger partial charge in [0.2, 0.25) is 0 Å². The summed E-state index contributed by atoms with van der Waals surface area (Å²) in [5.41, 5.74) is 1.77. The van der Waals surface area contributed by atoms with Crippen molar-refractivity contribution in [2.45, 2.75) is 12.8 Å². The summed E-state index contributed by atoms with van der Waals surface area (Å²) in [6, 6.07) is 11.8. The summed E-state index contributed by atoms with van der Waals surface area (Å²) in [6.45, 7) is 3.85. The van der Waals surface area contributed by atoms with E-state index < -0.39 is 0 Å². The Bertz CT molecular complexity index is 691. The smallest absolute Gasteiger partial charge is 0.272 e. The van der Waals surface area contributed by atoms with E-state index in [4.69, 9.17) is 0 Å². The normalized spacial score (nSPS) is 25.0. The Hall–Kier alpha value is -1.94. The molecule has 21 heavy (non-hydrogen) atoms. The Balaban J connectivity index is 1.59. The molecule has 1 spiro atoms. The highest BCUT2D eigenvalue weighted by Crippen LogP contribution is 2.36. The maximum Gasteiger partial charge on any atom is 0.272 e. The Morgan fingerprint density at radius 3 is 2.95 bits per heavy atom. The number of nitrogens with zero attached hydrogens (tertiary/aromatic N) is 2. The van der Waals surface area contributed by atoms with E-state index in [9.17, 15) is 4.79 Å². The summed E-state index contributed by atoms with van der Waals surface area (Å²) in [5.74, 6) is 0.0736. The highest BCUT2D eigenvalue weighted by Gasteiger charge is 2.42. The quantitative estimate of drug-likeness (QED) is 0.870. The third-order valence-corrected chi connectivity index (χ3v) is 4.88. The number of hydrogen-bond acceptors (Lipinski definition) is 3. The van der Waals surface area contributed by atoms with E-state index in [1.165, 1.54) is 6.42 Å². The predicted octanol–water partition coefficient (Wildman–Crippen LogP) is 2.06. The van der Waals surface area contributed by atoms with E-state index >= 15 is 0 Å². The van der Waals surface area contributed by atoms with E-state index in [1.54, 1.807) is 0 Å². The molecule has 4 nitrogen and oxygen atoms in total. The fourth-order valence-corrected chi connectivity index (χ4v) is 3.60. The summed E-state index contributed by atoms with van der Waals surface area (Å²) in [4.78, 5) is 19.2. The van der Waals surface area contributed by atoms with Crippen LogP contribution >= 0.6 is 0 Å². The van der Waals surface area contributed by atoms with Gasteiger partial charge in [0.05, 0.1) is 5.52 Å². The number of amides is 1. The van der Waals surface area contributed by atoms with Crippen LogP contribution in [0.1, 0.15) is 23.3 Å². The molecule has 0 bridgehead atoms. The van der Waals surface area contributed by atoms with Crippen LogP contribution in [0.4, 0.5) is 0 Å². The van der Waals surface area contributed by atoms with Crippen molar-refractivity contribution in [1.29, 1.82) is 0 Å². The number of carbonyl (C=O) groups excluding carboxylic acids is 1. The van der Waals surface area contributed by atoms with Crippen LogP contribution in [-0.4, -0.2) is 42.0 Å². The van der Waals surface area contributed by atoms with Crippen molar-refractivity contribution in [1.82, 2.24) is 15.2 Å². The van der Waals surface area contributed by atoms with Gasteiger partial charge in [-0.15, -0.1) is 0 Å². The van der Waals surface area contributed by atoms with E-state index in [2.05, 4.69) is 10.3 Å². The van der Waals surface area contributed by atoms with Crippen molar-refractivity contribution in [3.05, 3.63) is 42.1 Å². The Kier molecular flexibility index (Phi) is 2.93. The van der Waals surface area contributed by atoms with E-state index in [1.807, 2.05) is 41.3 Å². The van der Waals surface area contributed by atoms with Crippen LogP contribution in [-0.2, 0) is 0 Å². The van der Waals surface area contributed by atoms with Crippen LogP contribution in [0, 0.1) is 5.41 Å². The number of likely N-dealkylation sites (tertiary alicyclic amines) is 1. The lowest BCUT2D eigenvalue weighted by atomic mass is 9.87. The molecule has 2 aliphatic heterocycles. The van der Waals surface area contributed by atoms with Gasteiger partial charge >= 0.3 is 0 Å². The van der Waals surface area contributed by atoms with Crippen molar-refractivity contribution >= 4 is 16.8 Å². The summed E-state index contributed by atoms with van der Waals surface area (Å²) < 4.78 is 0. The standard InChI is InChI=1S/C17H19N3O/c21-16(20-10-8-17(12-20)7-9-18-11-17)15-6-5-13-3-1-2-4-14(13)19-15/h1-6,18H,7-12H2. The summed E-state index contributed by atoms with van der Waals surface area (Å²) >= 11 is 0. The second kappa shape index (κ2) is 4.81. The van der Waals surface area contributed by atoms with Crippen LogP contribution in [0.3, 0.4) is 0 Å². The number of fused-ring (bicyclic) bond motifs is 1. The molecule has 2 aliphatic rings. The average Bonchev–Trinajstić information content (AvgIpc) is 3.17. The van der Waals surface area contributed by atoms with Gasteiger partial charge in [-0.2, -0.15) is 0 Å². The summed E-state index contributed by atoms with van der Waals surface area (Å²) in [7, 11) is 0. The van der Waals surface area contributed by atoms with Crippen molar-refractivity contribution < 1.29 is 4.79 Å². The molecule has 4 heteroatoms. The number of nitrogens with one attached hydrogen (secondary N) is 1. The zero-order valence-electron chi connectivity index (χ0n) is 12.0. The molecule has 1 atom stereocenters. The summed E-state index contributed by atoms with van der Waals surface area (Å²) in [5, 5.41) is 4.50. The van der Waals surface area contributed by atoms with Crippen LogP contribution in [0.5, 0.6) is 0 Å². The maximum absolute atomic E-state index is 12.7. The van der Waals surface area contributed by atoms with Gasteiger partial charge in [-0.3, -0.25) is 4.79 Å². The Morgan fingerprint density at radius 2 is 2.10 bits per heavy atom. The molecular weight excluding hydrogens is 262 g/mol. The first-order valence-electron chi connectivity index (χ1n) is 7.62. The zero-order chi connectivity index (χ0) is 14.3. The molecule has 1 aromatic heterocycles. The molecule has 2 saturated heterocycles. The molecule has 1 unspecified atom stereocenters. The fourth-order valence-electron chi connectivity index (χ4n) is 3.60. The first-order valence-corrected chi connectivity index (χ1v) is 7.62. The lowest BCUT2D eigenvalue weighted by Gasteiger charge is -2.22. The van der Waals surface area contributed by atoms with E-state index in [0.717, 1.165) is 43.5 Å². The van der Waals surface area contributed by atoms with E-state index in [0.29, 0.717) is 11.1 Å². The second-order valence-electron chi connectivity index (χ2n) is 6.29. The van der Waals surface area contributed by atoms with Gasteiger partial charge in [0.15, 0.2) is 0 Å². The van der Waals surface area contributed by atoms with Crippen molar-refractivity contribution in [3.8, 4) is 0 Å². The summed E-state index contributed by atoms with van der Waals surface area (Å²) in [6.07, 6.45) is 2.29. The Labute approximate surface area is 124 Å². The lowest BCUT2D eigenvalue weighted by molar-refractivity contribution is 0.0770. The molecule has 0 saturated carbocycles. The number of benzene rings is 1. The molecule has 2 fully saturated rings. The molecule has 0 aliphatic carbocycles. The predicted molar refractivity (Wildman–Crippen MR) is 82.2 cm³/mol. The Morgan fingerprint density at radius 1 is 1.19 bits per heavy atom. The third-order valence-electron chi connectivity index (χ3n) is 4.88. The van der Waals surface area contributed by atoms with Gasteiger partial charge in [-0.1, -0.05) is 24.3 Å². The fraction of sp³-hybridized carbons (Fsp3) is 0.412. The molecule has 3 heterocycles. The van der Waals surface area contributed by atoms with Gasteiger partial charge in [0.25, 0.3) is 5.91 Å². The first-order chi connectivity index (χ1) is 10.3. The van der Waals surface area contributed by atoms with Gasteiger partial charge in [0.1, 0.15) is 5.69 Å². The largest absolute Gasteiger partial charge is 0.337 e. The molecule has 2 aromatic rings. The number of para-hydroxylation sites is 1. The van der Waals surface area contributed by atoms with Crippen LogP contribution in [0.2, 0.25) is 0 Å². The number of carbonyl (C=O) groups is 1. The van der Waals surface area contributed by atoms with Gasteiger partial charge in [-0.05, 0) is 31.5 Å². The van der Waals surface area contributed by atoms with Crippen molar-refractivity contribution in [3.63, 3.8) is 0 Å². The van der Waals surface area contributed by atoms with E-state index in [-0.39, 0.29) is 5.91 Å². The molecular formula is C17H19N3O. The first kappa shape index (κ1) is 12.8. The SMILES string of the molecule is O=C(c1ccc2ccccc2n1)N1CCC2(CCNC2)C1. The highest BCUT2D eigenvalue weighted by atomic mass is 16.2. The van der Waals surface area contributed by atoms with Gasteiger partial charge < -0.3 is 10.2 Å². The molecule has 0 radical (unpaired) electrons. The topological polar surface area (TPSA) is 45.2 Å². The van der Waals surface area contributed by atoms with Crippen LogP contribution in [0.25, 0.3) is 10.9 Å². The number of aromatic nitrogens is 1. The molecule has 1 amide bonds. The highest BCUT2D eigenvalue weighted by molar-refractivity contribution is 5.95. The zero-order valence-corrected chi connectivity index (χ0v) is 12.0. The van der Waals surface area contributed by atoms with Gasteiger partial charge in [-0.25, -0.2) is 4.98 Å². The number of rotatable bonds is 1. The minimum absolute atomic E-state index is 0.0736. The average molecular weight is 281 g/mol. The van der Waals surface area contributed by atoms with Crippen LogP contribution in [0.15, 0.2) is 36.4 Å². The molecule has 4 rings (SSSR count). The van der Waals surface area contributed by atoms with Crippen molar-refractivity contribution in [2.24, 2.45) is 5.41 Å². The number of pyridine rings is 1. The lowest BCUT2D eigenvalue weighted by Crippen LogP contribution is -2.33. The third kappa shape index (κ3) is 2.20. The molecule has 1 N–H and O–H groups in total. The molecule has 1 aromatic carbocycles. The number of hydrogen-bond donors (Lipinski definition) is 1. The van der Waals surface area contributed by atoms with Gasteiger partial charge in [0, 0.05) is 30.4 Å².